The molecule has 0 aliphatic carbocycles. The maximum absolute atomic E-state index is 6.09. The van der Waals surface area contributed by atoms with Crippen LogP contribution in [0.25, 0.3) is 0 Å². The van der Waals surface area contributed by atoms with E-state index in [-0.39, 0.29) is 0 Å². The van der Waals surface area contributed by atoms with Gasteiger partial charge in [-0.2, -0.15) is 0 Å². The Kier molecular flexibility index (Phi) is 4.29. The average molecular weight is 305 g/mol. The first-order valence-corrected chi connectivity index (χ1v) is 7.71. The lowest BCUT2D eigenvalue weighted by molar-refractivity contribution is 0.225. The summed E-state index contributed by atoms with van der Waals surface area (Å²) in [6, 6.07) is 8.88. The van der Waals surface area contributed by atoms with E-state index in [0.29, 0.717) is 12.1 Å². The minimum atomic E-state index is 0.339. The highest BCUT2D eigenvalue weighted by atomic mass is 35.5. The Balaban J connectivity index is 1.63. The summed E-state index contributed by atoms with van der Waals surface area (Å²) < 4.78 is 0. The van der Waals surface area contributed by atoms with Crippen LogP contribution in [0.1, 0.15) is 29.9 Å². The van der Waals surface area contributed by atoms with Gasteiger partial charge in [0.05, 0.1) is 17.7 Å². The number of likely N-dealkylation sites (N-methyl/N-ethyl adjacent to an activating group) is 1. The summed E-state index contributed by atoms with van der Waals surface area (Å²) in [5.41, 5.74) is 3.67. The van der Waals surface area contributed by atoms with E-state index in [1.54, 1.807) is 6.33 Å². The molecule has 2 N–H and O–H groups in total. The summed E-state index contributed by atoms with van der Waals surface area (Å²) in [6.07, 6.45) is 2.76. The van der Waals surface area contributed by atoms with Crippen LogP contribution in [0.15, 0.2) is 30.6 Å². The number of nitrogens with one attached hydrogen (secondary N) is 2. The first-order chi connectivity index (χ1) is 10.1. The minimum Gasteiger partial charge on any atom is -0.347 e. The lowest BCUT2D eigenvalue weighted by Crippen LogP contribution is -2.44. The van der Waals surface area contributed by atoms with Crippen LogP contribution in [0.2, 0.25) is 5.02 Å². The molecule has 1 aromatic heterocycles. The summed E-state index contributed by atoms with van der Waals surface area (Å²) in [5, 5.41) is 4.37. The second kappa shape index (κ2) is 6.18. The number of imidazole rings is 1. The van der Waals surface area contributed by atoms with Gasteiger partial charge in [-0.05, 0) is 31.7 Å². The van der Waals surface area contributed by atoms with Crippen LogP contribution >= 0.6 is 11.6 Å². The molecule has 0 saturated carbocycles. The van der Waals surface area contributed by atoms with E-state index in [0.717, 1.165) is 24.5 Å². The molecule has 5 heteroatoms. The number of fused-ring (bicyclic) bond motifs is 1. The maximum atomic E-state index is 6.09. The van der Waals surface area contributed by atoms with Gasteiger partial charge in [-0.3, -0.25) is 4.90 Å². The van der Waals surface area contributed by atoms with E-state index in [1.165, 1.54) is 17.0 Å². The summed E-state index contributed by atoms with van der Waals surface area (Å²) in [6.45, 7) is 4.08. The Morgan fingerprint density at radius 2 is 2.33 bits per heavy atom. The summed E-state index contributed by atoms with van der Waals surface area (Å²) in [4.78, 5) is 9.94. The molecule has 4 nitrogen and oxygen atoms in total. The Labute approximate surface area is 130 Å². The molecule has 2 unspecified atom stereocenters. The van der Waals surface area contributed by atoms with Gasteiger partial charge >= 0.3 is 0 Å². The predicted octanol–water partition coefficient (Wildman–Crippen LogP) is 2.77. The van der Waals surface area contributed by atoms with Crippen molar-refractivity contribution >= 4 is 11.6 Å². The highest BCUT2D eigenvalue weighted by molar-refractivity contribution is 6.30. The second-order valence-electron chi connectivity index (χ2n) is 5.78. The molecule has 0 spiro atoms. The fourth-order valence-electron chi connectivity index (χ4n) is 2.89. The molecule has 2 heterocycles. The molecule has 2 atom stereocenters. The Morgan fingerprint density at radius 3 is 3.14 bits per heavy atom. The molecule has 0 amide bonds. The summed E-state index contributed by atoms with van der Waals surface area (Å²) in [5.74, 6) is 0. The van der Waals surface area contributed by atoms with Gasteiger partial charge in [0.15, 0.2) is 0 Å². The largest absolute Gasteiger partial charge is 0.347 e. The van der Waals surface area contributed by atoms with E-state index >= 15 is 0 Å². The van der Waals surface area contributed by atoms with Crippen molar-refractivity contribution < 1.29 is 0 Å². The van der Waals surface area contributed by atoms with Gasteiger partial charge in [0.25, 0.3) is 0 Å². The lowest BCUT2D eigenvalue weighted by atomic mass is 10.0. The van der Waals surface area contributed by atoms with Crippen LogP contribution in [0, 0.1) is 0 Å². The number of aromatic amines is 1. The number of nitrogens with zero attached hydrogens (tertiary/aromatic N) is 2. The third-order valence-corrected chi connectivity index (χ3v) is 4.55. The van der Waals surface area contributed by atoms with Gasteiger partial charge < -0.3 is 10.3 Å². The van der Waals surface area contributed by atoms with Crippen molar-refractivity contribution in [1.82, 2.24) is 20.2 Å². The number of benzene rings is 1. The third kappa shape index (κ3) is 3.28. The molecule has 0 fully saturated rings. The number of aromatic nitrogens is 2. The molecule has 1 aromatic carbocycles. The van der Waals surface area contributed by atoms with Crippen molar-refractivity contribution in [3.8, 4) is 0 Å². The SMILES string of the molecule is CC(c1cccc(Cl)c1)N(C)CC1Cc2nc[nH]c2CN1. The molecule has 3 rings (SSSR count). The smallest absolute Gasteiger partial charge is 0.0925 e. The molecule has 21 heavy (non-hydrogen) atoms. The maximum Gasteiger partial charge on any atom is 0.0925 e. The van der Waals surface area contributed by atoms with Crippen LogP contribution in [0.4, 0.5) is 0 Å². The monoisotopic (exact) mass is 304 g/mol. The molecule has 0 radical (unpaired) electrons. The predicted molar refractivity (Wildman–Crippen MR) is 85.4 cm³/mol. The molecule has 1 aliphatic rings. The van der Waals surface area contributed by atoms with Crippen molar-refractivity contribution in [2.75, 3.05) is 13.6 Å². The van der Waals surface area contributed by atoms with Gasteiger partial charge in [-0.25, -0.2) is 4.98 Å². The van der Waals surface area contributed by atoms with Crippen molar-refractivity contribution in [3.05, 3.63) is 52.6 Å². The van der Waals surface area contributed by atoms with E-state index in [2.05, 4.69) is 40.2 Å². The van der Waals surface area contributed by atoms with Crippen LogP contribution in [-0.4, -0.2) is 34.5 Å². The highest BCUT2D eigenvalue weighted by Gasteiger charge is 2.23. The quantitative estimate of drug-likeness (QED) is 0.913. The van der Waals surface area contributed by atoms with Crippen LogP contribution in [0.5, 0.6) is 0 Å². The van der Waals surface area contributed by atoms with Gasteiger partial charge in [0.1, 0.15) is 0 Å². The van der Waals surface area contributed by atoms with Gasteiger partial charge in [-0.15, -0.1) is 0 Å². The molecule has 2 aromatic rings. The van der Waals surface area contributed by atoms with Crippen LogP contribution in [-0.2, 0) is 13.0 Å². The van der Waals surface area contributed by atoms with E-state index in [1.807, 2.05) is 18.2 Å². The van der Waals surface area contributed by atoms with Crippen LogP contribution < -0.4 is 5.32 Å². The number of hydrogen-bond acceptors (Lipinski definition) is 3. The van der Waals surface area contributed by atoms with Crippen molar-refractivity contribution in [3.63, 3.8) is 0 Å². The van der Waals surface area contributed by atoms with Gasteiger partial charge in [0.2, 0.25) is 0 Å². The molecule has 1 aliphatic heterocycles. The summed E-state index contributed by atoms with van der Waals surface area (Å²) in [7, 11) is 2.16. The normalized spacial score (nSPS) is 19.5. The van der Waals surface area contributed by atoms with Crippen molar-refractivity contribution in [2.45, 2.75) is 32.0 Å². The second-order valence-corrected chi connectivity index (χ2v) is 6.22. The number of hydrogen-bond donors (Lipinski definition) is 2. The van der Waals surface area contributed by atoms with E-state index in [4.69, 9.17) is 11.6 Å². The average Bonchev–Trinajstić information content (AvgIpc) is 2.94. The fraction of sp³-hybridized carbons (Fsp3) is 0.438. The zero-order valence-electron chi connectivity index (χ0n) is 12.4. The first kappa shape index (κ1) is 14.6. The van der Waals surface area contributed by atoms with Crippen molar-refractivity contribution in [1.29, 1.82) is 0 Å². The minimum absolute atomic E-state index is 0.339. The molecule has 0 bridgehead atoms. The molecule has 112 valence electrons. The lowest BCUT2D eigenvalue weighted by Gasteiger charge is -2.31. The van der Waals surface area contributed by atoms with E-state index < -0.39 is 0 Å². The zero-order chi connectivity index (χ0) is 14.8. The third-order valence-electron chi connectivity index (χ3n) is 4.32. The van der Waals surface area contributed by atoms with Gasteiger partial charge in [0, 0.05) is 36.6 Å². The Morgan fingerprint density at radius 1 is 1.48 bits per heavy atom. The van der Waals surface area contributed by atoms with E-state index in [9.17, 15) is 0 Å². The standard InChI is InChI=1S/C16H21ClN4/c1-11(12-4-3-5-13(17)6-12)21(2)9-14-7-15-16(8-18-14)20-10-19-15/h3-6,10-11,14,18H,7-9H2,1-2H3,(H,19,20). The van der Waals surface area contributed by atoms with Crippen LogP contribution in [0.3, 0.4) is 0 Å². The molecule has 0 saturated heterocycles. The summed E-state index contributed by atoms with van der Waals surface area (Å²) >= 11 is 6.09. The highest BCUT2D eigenvalue weighted by Crippen LogP contribution is 2.23. The molecular weight excluding hydrogens is 284 g/mol. The Hall–Kier alpha value is -1.36. The number of halogens is 1. The molecular formula is C16H21ClN4. The zero-order valence-corrected chi connectivity index (χ0v) is 13.2. The number of H-pyrrole nitrogens is 1. The topological polar surface area (TPSA) is 44.0 Å². The number of rotatable bonds is 4. The Bertz CT molecular complexity index is 610. The van der Waals surface area contributed by atoms with Crippen molar-refractivity contribution in [2.24, 2.45) is 0 Å². The fourth-order valence-corrected chi connectivity index (χ4v) is 3.08. The van der Waals surface area contributed by atoms with Gasteiger partial charge in [-0.1, -0.05) is 23.7 Å². The first-order valence-electron chi connectivity index (χ1n) is 7.33.